The number of nitrogens with zero attached hydrogens (tertiary/aromatic N) is 2. The Balaban J connectivity index is 1.89. The zero-order chi connectivity index (χ0) is 15.3. The molecule has 0 spiro atoms. The molecule has 1 unspecified atom stereocenters. The third-order valence-corrected chi connectivity index (χ3v) is 5.14. The summed E-state index contributed by atoms with van der Waals surface area (Å²) in [6, 6.07) is 1.73. The topological polar surface area (TPSA) is 87.5 Å². The van der Waals surface area contributed by atoms with E-state index in [2.05, 4.69) is 22.1 Å². The van der Waals surface area contributed by atoms with Gasteiger partial charge in [-0.25, -0.2) is 0 Å². The minimum Gasteiger partial charge on any atom is -0.361 e. The Kier molecular flexibility index (Phi) is 5.74. The first-order chi connectivity index (χ1) is 10.0. The van der Waals surface area contributed by atoms with E-state index in [1.54, 1.807) is 13.0 Å². The highest BCUT2D eigenvalue weighted by Crippen LogP contribution is 2.18. The molecule has 0 bridgehead atoms. The van der Waals surface area contributed by atoms with Crippen LogP contribution in [0.15, 0.2) is 10.6 Å². The molecule has 0 aliphatic carbocycles. The maximum absolute atomic E-state index is 12.3. The van der Waals surface area contributed by atoms with Crippen molar-refractivity contribution in [3.05, 3.63) is 17.5 Å². The van der Waals surface area contributed by atoms with Gasteiger partial charge in [-0.3, -0.25) is 0 Å². The van der Waals surface area contributed by atoms with Crippen molar-refractivity contribution in [1.82, 2.24) is 19.5 Å². The summed E-state index contributed by atoms with van der Waals surface area (Å²) < 4.78 is 33.7. The summed E-state index contributed by atoms with van der Waals surface area (Å²) in [6.07, 6.45) is 1.97. The van der Waals surface area contributed by atoms with Crippen LogP contribution in [0.5, 0.6) is 0 Å². The molecule has 21 heavy (non-hydrogen) atoms. The summed E-state index contributed by atoms with van der Waals surface area (Å²) in [4.78, 5) is 0. The lowest BCUT2D eigenvalue weighted by molar-refractivity contribution is 0.258. The Morgan fingerprint density at radius 2 is 2.33 bits per heavy atom. The van der Waals surface area contributed by atoms with E-state index in [4.69, 9.17) is 4.52 Å². The van der Waals surface area contributed by atoms with Gasteiger partial charge < -0.3 is 9.84 Å². The lowest BCUT2D eigenvalue weighted by Gasteiger charge is -2.31. The molecule has 1 fully saturated rings. The van der Waals surface area contributed by atoms with Crippen molar-refractivity contribution >= 4 is 10.2 Å². The van der Waals surface area contributed by atoms with E-state index < -0.39 is 10.2 Å². The van der Waals surface area contributed by atoms with Gasteiger partial charge in [0.2, 0.25) is 0 Å². The average Bonchev–Trinajstić information content (AvgIpc) is 2.89. The Morgan fingerprint density at radius 1 is 1.52 bits per heavy atom. The second-order valence-electron chi connectivity index (χ2n) is 5.43. The van der Waals surface area contributed by atoms with Gasteiger partial charge >= 0.3 is 0 Å². The molecular weight excluding hydrogens is 292 g/mol. The number of hydrogen-bond acceptors (Lipinski definition) is 5. The molecule has 2 rings (SSSR count). The van der Waals surface area contributed by atoms with E-state index in [9.17, 15) is 8.42 Å². The fourth-order valence-corrected chi connectivity index (χ4v) is 3.81. The van der Waals surface area contributed by atoms with Crippen molar-refractivity contribution in [2.75, 3.05) is 26.2 Å². The molecule has 0 amide bonds. The molecule has 1 aromatic rings. The van der Waals surface area contributed by atoms with Gasteiger partial charge in [-0.2, -0.15) is 17.4 Å². The van der Waals surface area contributed by atoms with E-state index in [1.165, 1.54) is 4.31 Å². The smallest absolute Gasteiger partial charge is 0.279 e. The van der Waals surface area contributed by atoms with Gasteiger partial charge in [0.05, 0.1) is 12.2 Å². The summed E-state index contributed by atoms with van der Waals surface area (Å²) in [6.45, 7) is 6.92. The van der Waals surface area contributed by atoms with Gasteiger partial charge in [0, 0.05) is 19.2 Å². The predicted molar refractivity (Wildman–Crippen MR) is 79.8 cm³/mol. The highest BCUT2D eigenvalue weighted by molar-refractivity contribution is 7.87. The highest BCUT2D eigenvalue weighted by Gasteiger charge is 2.28. The van der Waals surface area contributed by atoms with Crippen LogP contribution in [0.1, 0.15) is 31.2 Å². The molecule has 0 saturated carbocycles. The van der Waals surface area contributed by atoms with Crippen molar-refractivity contribution in [2.24, 2.45) is 5.92 Å². The molecule has 1 aromatic heterocycles. The van der Waals surface area contributed by atoms with Crippen LogP contribution in [-0.4, -0.2) is 44.1 Å². The monoisotopic (exact) mass is 316 g/mol. The minimum absolute atomic E-state index is 0.161. The molecule has 1 aliphatic heterocycles. The average molecular weight is 316 g/mol. The van der Waals surface area contributed by atoms with E-state index in [0.717, 1.165) is 25.9 Å². The molecule has 0 aromatic carbocycles. The number of rotatable bonds is 7. The Bertz CT molecular complexity index is 543. The van der Waals surface area contributed by atoms with Crippen LogP contribution in [0, 0.1) is 12.8 Å². The van der Waals surface area contributed by atoms with Crippen LogP contribution in [0.25, 0.3) is 0 Å². The summed E-state index contributed by atoms with van der Waals surface area (Å²) in [7, 11) is -3.46. The zero-order valence-electron chi connectivity index (χ0n) is 12.6. The molecular formula is C13H24N4O3S. The second kappa shape index (κ2) is 7.35. The lowest BCUT2D eigenvalue weighted by Crippen LogP contribution is -2.47. The van der Waals surface area contributed by atoms with Crippen molar-refractivity contribution in [2.45, 2.75) is 33.2 Å². The van der Waals surface area contributed by atoms with Crippen LogP contribution in [0.4, 0.5) is 0 Å². The van der Waals surface area contributed by atoms with E-state index in [0.29, 0.717) is 30.5 Å². The first kappa shape index (κ1) is 16.4. The molecule has 1 atom stereocenters. The number of aryl methyl sites for hydroxylation is 1. The van der Waals surface area contributed by atoms with E-state index in [1.807, 2.05) is 0 Å². The lowest BCUT2D eigenvalue weighted by atomic mass is 10.00. The predicted octanol–water partition coefficient (Wildman–Crippen LogP) is 0.639. The van der Waals surface area contributed by atoms with Crippen LogP contribution < -0.4 is 10.0 Å². The molecule has 0 radical (unpaired) electrons. The minimum atomic E-state index is -3.46. The van der Waals surface area contributed by atoms with E-state index >= 15 is 0 Å². The van der Waals surface area contributed by atoms with Gasteiger partial charge in [0.1, 0.15) is 5.76 Å². The second-order valence-corrected chi connectivity index (χ2v) is 7.18. The number of aromatic nitrogens is 1. The van der Waals surface area contributed by atoms with Crippen molar-refractivity contribution in [3.63, 3.8) is 0 Å². The first-order valence-electron chi connectivity index (χ1n) is 7.39. The fourth-order valence-electron chi connectivity index (χ4n) is 2.52. The Morgan fingerprint density at radius 3 is 3.00 bits per heavy atom. The van der Waals surface area contributed by atoms with Gasteiger partial charge in [-0.05, 0) is 38.8 Å². The zero-order valence-corrected chi connectivity index (χ0v) is 13.4. The summed E-state index contributed by atoms with van der Waals surface area (Å²) in [5.41, 5.74) is 0.595. The van der Waals surface area contributed by atoms with Crippen molar-refractivity contribution in [3.8, 4) is 0 Å². The largest absolute Gasteiger partial charge is 0.361 e. The number of nitrogens with one attached hydrogen (secondary N) is 2. The maximum Gasteiger partial charge on any atom is 0.279 e. The Hall–Kier alpha value is -0.960. The number of piperidine rings is 1. The molecule has 7 nitrogen and oxygen atoms in total. The summed E-state index contributed by atoms with van der Waals surface area (Å²) >= 11 is 0. The van der Waals surface area contributed by atoms with Crippen LogP contribution in [-0.2, 0) is 16.8 Å². The third kappa shape index (κ3) is 4.77. The molecule has 2 heterocycles. The van der Waals surface area contributed by atoms with Gasteiger partial charge in [0.15, 0.2) is 0 Å². The molecule has 1 saturated heterocycles. The van der Waals surface area contributed by atoms with Crippen molar-refractivity contribution < 1.29 is 12.9 Å². The van der Waals surface area contributed by atoms with Gasteiger partial charge in [-0.1, -0.05) is 12.1 Å². The summed E-state index contributed by atoms with van der Waals surface area (Å²) in [5, 5.41) is 7.08. The number of hydrogen-bond donors (Lipinski definition) is 2. The van der Waals surface area contributed by atoms with Crippen molar-refractivity contribution in [1.29, 1.82) is 0 Å². The van der Waals surface area contributed by atoms with Gasteiger partial charge in [-0.15, -0.1) is 0 Å². The first-order valence-corrected chi connectivity index (χ1v) is 8.83. The standard InChI is InChI=1S/C13H24N4O3S/c1-3-14-8-12-5-4-6-17(10-12)21(18,19)15-9-13-7-11(2)20-16-13/h7,12,14-15H,3-6,8-10H2,1-2H3. The normalized spacial score (nSPS) is 20.8. The molecule has 1 aliphatic rings. The van der Waals surface area contributed by atoms with Gasteiger partial charge in [0.25, 0.3) is 10.2 Å². The molecule has 2 N–H and O–H groups in total. The van der Waals surface area contributed by atoms with Crippen LogP contribution >= 0.6 is 0 Å². The fraction of sp³-hybridized carbons (Fsp3) is 0.769. The molecule has 8 heteroatoms. The summed E-state index contributed by atoms with van der Waals surface area (Å²) in [5.74, 6) is 1.05. The SMILES string of the molecule is CCNCC1CCCN(S(=O)(=O)NCc2cc(C)on2)C1. The quantitative estimate of drug-likeness (QED) is 0.771. The third-order valence-electron chi connectivity index (χ3n) is 3.62. The van der Waals surface area contributed by atoms with Crippen LogP contribution in [0.2, 0.25) is 0 Å². The molecule has 120 valence electrons. The highest BCUT2D eigenvalue weighted by atomic mass is 32.2. The van der Waals surface area contributed by atoms with E-state index in [-0.39, 0.29) is 6.54 Å². The maximum atomic E-state index is 12.3. The van der Waals surface area contributed by atoms with Crippen LogP contribution in [0.3, 0.4) is 0 Å². The Labute approximate surface area is 126 Å².